The highest BCUT2D eigenvalue weighted by Crippen LogP contribution is 2.30. The van der Waals surface area contributed by atoms with E-state index >= 15 is 0 Å². The van der Waals surface area contributed by atoms with Crippen LogP contribution in [0.1, 0.15) is 34.6 Å². The van der Waals surface area contributed by atoms with Crippen molar-refractivity contribution >= 4 is 11.8 Å². The lowest BCUT2D eigenvalue weighted by Gasteiger charge is -2.22. The van der Waals surface area contributed by atoms with Crippen LogP contribution < -0.4 is 0 Å². The second kappa shape index (κ2) is 3.47. The van der Waals surface area contributed by atoms with Crippen LogP contribution in [0.4, 0.5) is 0 Å². The molecule has 0 spiro atoms. The first-order chi connectivity index (χ1) is 4.33. The molecular weight excluding hydrogens is 140 g/mol. The van der Waals surface area contributed by atoms with Gasteiger partial charge in [0.2, 0.25) is 0 Å². The molecule has 0 rings (SSSR count). The quantitative estimate of drug-likeness (QED) is 0.554. The van der Waals surface area contributed by atoms with Crippen molar-refractivity contribution in [3.05, 3.63) is 12.2 Å². The smallest absolute Gasteiger partial charge is 0.0228 e. The van der Waals surface area contributed by atoms with Crippen LogP contribution in [0.15, 0.2) is 12.2 Å². The maximum Gasteiger partial charge on any atom is 0.0228 e. The van der Waals surface area contributed by atoms with Crippen LogP contribution in [0.3, 0.4) is 0 Å². The zero-order valence-corrected chi connectivity index (χ0v) is 8.51. The van der Waals surface area contributed by atoms with Gasteiger partial charge in [-0.2, -0.15) is 0 Å². The molecule has 0 aromatic rings. The SMILES string of the molecule is C=C(C)C(C)SC(C)(C)C. The molecule has 1 unspecified atom stereocenters. The average molecular weight is 158 g/mol. The van der Waals surface area contributed by atoms with Crippen molar-refractivity contribution in [1.82, 2.24) is 0 Å². The topological polar surface area (TPSA) is 0 Å². The Hall–Kier alpha value is 0.0900. The van der Waals surface area contributed by atoms with Crippen molar-refractivity contribution in [1.29, 1.82) is 0 Å². The standard InChI is InChI=1S/C9H18S/c1-7(2)8(3)10-9(4,5)6/h8H,1H2,2-6H3. The second-order valence-corrected chi connectivity index (χ2v) is 5.89. The molecule has 0 radical (unpaired) electrons. The molecule has 0 aliphatic carbocycles. The lowest BCUT2D eigenvalue weighted by Crippen LogP contribution is -2.13. The van der Waals surface area contributed by atoms with Gasteiger partial charge in [0.05, 0.1) is 0 Å². The summed E-state index contributed by atoms with van der Waals surface area (Å²) in [7, 11) is 0. The minimum Gasteiger partial charge on any atom is -0.148 e. The van der Waals surface area contributed by atoms with Crippen molar-refractivity contribution in [3.63, 3.8) is 0 Å². The first kappa shape index (κ1) is 10.1. The average Bonchev–Trinajstić information content (AvgIpc) is 1.60. The van der Waals surface area contributed by atoms with E-state index in [1.807, 2.05) is 11.8 Å². The van der Waals surface area contributed by atoms with E-state index in [1.54, 1.807) is 0 Å². The molecule has 10 heavy (non-hydrogen) atoms. The third-order valence-electron chi connectivity index (χ3n) is 1.22. The van der Waals surface area contributed by atoms with E-state index in [1.165, 1.54) is 5.57 Å². The molecule has 0 bridgehead atoms. The molecule has 0 saturated heterocycles. The summed E-state index contributed by atoms with van der Waals surface area (Å²) < 4.78 is 0.359. The molecule has 0 heterocycles. The Morgan fingerprint density at radius 1 is 1.40 bits per heavy atom. The molecule has 0 aromatic carbocycles. The first-order valence-corrected chi connectivity index (χ1v) is 4.54. The van der Waals surface area contributed by atoms with Crippen LogP contribution in [0.25, 0.3) is 0 Å². The van der Waals surface area contributed by atoms with Crippen molar-refractivity contribution in [2.24, 2.45) is 0 Å². The molecule has 1 atom stereocenters. The maximum atomic E-state index is 3.92. The van der Waals surface area contributed by atoms with Gasteiger partial charge in [-0.05, 0) is 13.8 Å². The number of rotatable bonds is 2. The van der Waals surface area contributed by atoms with Gasteiger partial charge in [-0.3, -0.25) is 0 Å². The fourth-order valence-corrected chi connectivity index (χ4v) is 1.89. The molecule has 0 aliphatic heterocycles. The van der Waals surface area contributed by atoms with E-state index in [-0.39, 0.29) is 0 Å². The number of hydrogen-bond acceptors (Lipinski definition) is 1. The Balaban J connectivity index is 3.80. The first-order valence-electron chi connectivity index (χ1n) is 3.66. The monoisotopic (exact) mass is 158 g/mol. The fourth-order valence-electron chi connectivity index (χ4n) is 0.631. The molecule has 0 aliphatic rings. The highest BCUT2D eigenvalue weighted by molar-refractivity contribution is 8.01. The lowest BCUT2D eigenvalue weighted by atomic mass is 10.2. The van der Waals surface area contributed by atoms with E-state index in [0.29, 0.717) is 10.00 Å². The third kappa shape index (κ3) is 4.92. The molecule has 0 nitrogen and oxygen atoms in total. The Morgan fingerprint density at radius 3 is 1.90 bits per heavy atom. The van der Waals surface area contributed by atoms with Crippen molar-refractivity contribution in [3.8, 4) is 0 Å². The summed E-state index contributed by atoms with van der Waals surface area (Å²) in [6.45, 7) is 14.9. The molecule has 60 valence electrons. The zero-order chi connectivity index (χ0) is 8.36. The van der Waals surface area contributed by atoms with Crippen LogP contribution in [0.5, 0.6) is 0 Å². The summed E-state index contributed by atoms with van der Waals surface area (Å²) in [5, 5.41) is 0.583. The predicted octanol–water partition coefficient (Wildman–Crippen LogP) is 3.48. The van der Waals surface area contributed by atoms with Gasteiger partial charge in [-0.15, -0.1) is 11.8 Å². The zero-order valence-electron chi connectivity index (χ0n) is 7.69. The van der Waals surface area contributed by atoms with Crippen LogP contribution >= 0.6 is 11.8 Å². The van der Waals surface area contributed by atoms with E-state index in [9.17, 15) is 0 Å². The molecule has 0 N–H and O–H groups in total. The second-order valence-electron chi connectivity index (χ2n) is 3.72. The van der Waals surface area contributed by atoms with Gasteiger partial charge in [0.15, 0.2) is 0 Å². The summed E-state index contributed by atoms with van der Waals surface area (Å²) in [5.74, 6) is 0. The minimum atomic E-state index is 0.359. The largest absolute Gasteiger partial charge is 0.148 e. The van der Waals surface area contributed by atoms with E-state index < -0.39 is 0 Å². The molecular formula is C9H18S. The van der Waals surface area contributed by atoms with Crippen molar-refractivity contribution in [2.75, 3.05) is 0 Å². The highest BCUT2D eigenvalue weighted by atomic mass is 32.2. The Labute approximate surface area is 69.1 Å². The lowest BCUT2D eigenvalue weighted by molar-refractivity contribution is 0.797. The Bertz CT molecular complexity index is 119. The van der Waals surface area contributed by atoms with Crippen LogP contribution in [0, 0.1) is 0 Å². The van der Waals surface area contributed by atoms with Gasteiger partial charge in [-0.1, -0.05) is 32.9 Å². The van der Waals surface area contributed by atoms with Gasteiger partial charge in [0, 0.05) is 10.00 Å². The van der Waals surface area contributed by atoms with Gasteiger partial charge in [-0.25, -0.2) is 0 Å². The van der Waals surface area contributed by atoms with Crippen LogP contribution in [-0.2, 0) is 0 Å². The summed E-state index contributed by atoms with van der Waals surface area (Å²) in [6.07, 6.45) is 0. The molecule has 0 saturated carbocycles. The summed E-state index contributed by atoms with van der Waals surface area (Å²) in [6, 6.07) is 0. The van der Waals surface area contributed by atoms with Crippen molar-refractivity contribution in [2.45, 2.75) is 44.6 Å². The van der Waals surface area contributed by atoms with E-state index in [0.717, 1.165) is 0 Å². The maximum absolute atomic E-state index is 3.92. The molecule has 0 fully saturated rings. The predicted molar refractivity (Wildman–Crippen MR) is 51.6 cm³/mol. The summed E-state index contributed by atoms with van der Waals surface area (Å²) in [4.78, 5) is 0. The summed E-state index contributed by atoms with van der Waals surface area (Å²) >= 11 is 1.97. The summed E-state index contributed by atoms with van der Waals surface area (Å²) in [5.41, 5.74) is 1.26. The fraction of sp³-hybridized carbons (Fsp3) is 0.778. The van der Waals surface area contributed by atoms with E-state index in [2.05, 4.69) is 41.2 Å². The molecule has 0 aromatic heterocycles. The third-order valence-corrected chi connectivity index (χ3v) is 2.69. The normalized spacial score (nSPS) is 14.9. The van der Waals surface area contributed by atoms with Gasteiger partial charge < -0.3 is 0 Å². The van der Waals surface area contributed by atoms with Gasteiger partial charge >= 0.3 is 0 Å². The van der Waals surface area contributed by atoms with Gasteiger partial charge in [0.1, 0.15) is 0 Å². The number of thioether (sulfide) groups is 1. The van der Waals surface area contributed by atoms with Crippen LogP contribution in [0.2, 0.25) is 0 Å². The highest BCUT2D eigenvalue weighted by Gasteiger charge is 2.15. The molecule has 0 amide bonds. The van der Waals surface area contributed by atoms with E-state index in [4.69, 9.17) is 0 Å². The number of hydrogen-bond donors (Lipinski definition) is 0. The van der Waals surface area contributed by atoms with Crippen LogP contribution in [-0.4, -0.2) is 10.00 Å². The molecule has 1 heteroatoms. The Morgan fingerprint density at radius 2 is 1.80 bits per heavy atom. The Kier molecular flexibility index (Phi) is 3.50. The minimum absolute atomic E-state index is 0.359. The van der Waals surface area contributed by atoms with Crippen molar-refractivity contribution < 1.29 is 0 Å². The van der Waals surface area contributed by atoms with Gasteiger partial charge in [0.25, 0.3) is 0 Å².